The van der Waals surface area contributed by atoms with Gasteiger partial charge in [-0.15, -0.1) is 0 Å². The SMILES string of the molecule is Cc1ccccc1CS(=O)(=O)c1ncc(CN(Cc2ccco2)C(=O)C2CC2)n1CC(C)C. The van der Waals surface area contributed by atoms with Crippen molar-refractivity contribution in [1.82, 2.24) is 14.5 Å². The Hall–Kier alpha value is -2.87. The predicted octanol–water partition coefficient (Wildman–Crippen LogP) is 4.35. The van der Waals surface area contributed by atoms with Crippen LogP contribution < -0.4 is 0 Å². The highest BCUT2D eigenvalue weighted by Gasteiger charge is 2.35. The number of furan rings is 1. The lowest BCUT2D eigenvalue weighted by Gasteiger charge is -2.23. The van der Waals surface area contributed by atoms with Crippen molar-refractivity contribution < 1.29 is 17.6 Å². The van der Waals surface area contributed by atoms with Crippen molar-refractivity contribution in [1.29, 1.82) is 0 Å². The molecule has 0 atom stereocenters. The fraction of sp³-hybridized carbons (Fsp3) is 0.440. The molecule has 33 heavy (non-hydrogen) atoms. The first-order valence-electron chi connectivity index (χ1n) is 11.4. The van der Waals surface area contributed by atoms with E-state index >= 15 is 0 Å². The smallest absolute Gasteiger partial charge is 0.228 e. The highest BCUT2D eigenvalue weighted by molar-refractivity contribution is 7.90. The van der Waals surface area contributed by atoms with Crippen LogP contribution in [-0.2, 0) is 40.0 Å². The van der Waals surface area contributed by atoms with E-state index in [2.05, 4.69) is 4.98 Å². The standard InChI is InChI=1S/C25H31N3O4S/c1-18(2)14-28-22(15-27(24(29)20-10-11-20)16-23-9-6-12-32-23)13-26-25(28)33(30,31)17-21-8-5-4-7-19(21)3/h4-9,12-13,18,20H,10-11,14-17H2,1-3H3. The van der Waals surface area contributed by atoms with E-state index in [1.807, 2.05) is 51.1 Å². The van der Waals surface area contributed by atoms with Gasteiger partial charge >= 0.3 is 0 Å². The highest BCUT2D eigenvalue weighted by Crippen LogP contribution is 2.32. The molecule has 1 aliphatic carbocycles. The fourth-order valence-corrected chi connectivity index (χ4v) is 5.56. The van der Waals surface area contributed by atoms with E-state index in [0.717, 1.165) is 24.0 Å². The summed E-state index contributed by atoms with van der Waals surface area (Å²) in [5.41, 5.74) is 2.41. The summed E-state index contributed by atoms with van der Waals surface area (Å²) in [6.07, 6.45) is 4.99. The number of aromatic nitrogens is 2. The molecule has 8 heteroatoms. The topological polar surface area (TPSA) is 85.4 Å². The van der Waals surface area contributed by atoms with E-state index in [-0.39, 0.29) is 35.2 Å². The van der Waals surface area contributed by atoms with Gasteiger partial charge in [-0.1, -0.05) is 38.1 Å². The number of hydrogen-bond donors (Lipinski definition) is 0. The van der Waals surface area contributed by atoms with Gasteiger partial charge in [-0.2, -0.15) is 0 Å². The minimum absolute atomic E-state index is 0.0469. The first-order valence-corrected chi connectivity index (χ1v) is 13.0. The number of imidazole rings is 1. The number of benzene rings is 1. The quantitative estimate of drug-likeness (QED) is 0.441. The lowest BCUT2D eigenvalue weighted by atomic mass is 10.1. The molecule has 1 saturated carbocycles. The van der Waals surface area contributed by atoms with Crippen molar-refractivity contribution in [2.45, 2.75) is 64.2 Å². The first kappa shape index (κ1) is 23.3. The second kappa shape index (κ2) is 9.55. The van der Waals surface area contributed by atoms with E-state index in [1.54, 1.807) is 28.0 Å². The number of hydrogen-bond acceptors (Lipinski definition) is 5. The Morgan fingerprint density at radius 1 is 1.18 bits per heavy atom. The second-order valence-electron chi connectivity index (χ2n) is 9.27. The highest BCUT2D eigenvalue weighted by atomic mass is 32.2. The number of sulfone groups is 1. The molecule has 176 valence electrons. The molecule has 3 aromatic rings. The average molecular weight is 470 g/mol. The van der Waals surface area contributed by atoms with Crippen LogP contribution in [0.25, 0.3) is 0 Å². The maximum atomic E-state index is 13.4. The predicted molar refractivity (Wildman–Crippen MR) is 125 cm³/mol. The third-order valence-electron chi connectivity index (χ3n) is 5.85. The normalized spacial score (nSPS) is 14.1. The van der Waals surface area contributed by atoms with Crippen LogP contribution in [0.4, 0.5) is 0 Å². The summed E-state index contributed by atoms with van der Waals surface area (Å²) in [5, 5.41) is 0.0614. The second-order valence-corrected chi connectivity index (χ2v) is 11.2. The van der Waals surface area contributed by atoms with Crippen LogP contribution in [0.15, 0.2) is 58.4 Å². The number of rotatable bonds is 10. The van der Waals surface area contributed by atoms with Gasteiger partial charge in [-0.05, 0) is 48.9 Å². The van der Waals surface area contributed by atoms with Crippen LogP contribution >= 0.6 is 0 Å². The molecule has 0 saturated heterocycles. The minimum Gasteiger partial charge on any atom is -0.467 e. The molecule has 1 amide bonds. The molecule has 7 nitrogen and oxygen atoms in total. The van der Waals surface area contributed by atoms with Gasteiger partial charge in [0.2, 0.25) is 20.9 Å². The Bertz CT molecular complexity index is 1210. The Morgan fingerprint density at radius 3 is 2.58 bits per heavy atom. The van der Waals surface area contributed by atoms with Crippen molar-refractivity contribution in [2.24, 2.45) is 11.8 Å². The largest absolute Gasteiger partial charge is 0.467 e. The Balaban J connectivity index is 1.65. The van der Waals surface area contributed by atoms with Crippen LogP contribution in [0.1, 0.15) is 49.3 Å². The minimum atomic E-state index is -3.67. The molecule has 1 aromatic carbocycles. The maximum Gasteiger partial charge on any atom is 0.228 e. The number of amides is 1. The van der Waals surface area contributed by atoms with Gasteiger partial charge in [-0.25, -0.2) is 13.4 Å². The summed E-state index contributed by atoms with van der Waals surface area (Å²) in [7, 11) is -3.67. The van der Waals surface area contributed by atoms with E-state index < -0.39 is 9.84 Å². The molecule has 0 aliphatic heterocycles. The molecular weight excluding hydrogens is 438 g/mol. The lowest BCUT2D eigenvalue weighted by molar-refractivity contribution is -0.134. The number of carbonyl (C=O) groups excluding carboxylic acids is 1. The number of aryl methyl sites for hydroxylation is 1. The van der Waals surface area contributed by atoms with Gasteiger partial charge in [0, 0.05) is 12.5 Å². The average Bonchev–Trinajstić information content (AvgIpc) is 3.34. The molecule has 0 bridgehead atoms. The fourth-order valence-electron chi connectivity index (χ4n) is 3.95. The van der Waals surface area contributed by atoms with Crippen LogP contribution in [0, 0.1) is 18.8 Å². The third-order valence-corrected chi connectivity index (χ3v) is 7.43. The number of nitrogens with zero attached hydrogens (tertiary/aromatic N) is 3. The van der Waals surface area contributed by atoms with E-state index in [0.29, 0.717) is 24.5 Å². The lowest BCUT2D eigenvalue weighted by Crippen LogP contribution is -2.32. The van der Waals surface area contributed by atoms with Gasteiger partial charge in [0.15, 0.2) is 0 Å². The zero-order valence-electron chi connectivity index (χ0n) is 19.4. The molecule has 1 aliphatic rings. The molecule has 0 radical (unpaired) electrons. The summed E-state index contributed by atoms with van der Waals surface area (Å²) in [6, 6.07) is 11.1. The monoisotopic (exact) mass is 469 g/mol. The summed E-state index contributed by atoms with van der Waals surface area (Å²) in [6.45, 7) is 7.13. The number of carbonyl (C=O) groups is 1. The molecule has 0 spiro atoms. The maximum absolute atomic E-state index is 13.4. The molecule has 2 aromatic heterocycles. The van der Waals surface area contributed by atoms with E-state index in [9.17, 15) is 13.2 Å². The van der Waals surface area contributed by atoms with Crippen molar-refractivity contribution in [3.05, 3.63) is 71.4 Å². The Kier molecular flexibility index (Phi) is 6.74. The van der Waals surface area contributed by atoms with Crippen LogP contribution in [0.2, 0.25) is 0 Å². The molecule has 0 N–H and O–H groups in total. The summed E-state index contributed by atoms with van der Waals surface area (Å²) < 4.78 is 34.0. The van der Waals surface area contributed by atoms with E-state index in [4.69, 9.17) is 4.42 Å². The molecule has 4 rings (SSSR count). The Morgan fingerprint density at radius 2 is 1.94 bits per heavy atom. The first-order chi connectivity index (χ1) is 15.7. The van der Waals surface area contributed by atoms with Crippen LogP contribution in [-0.4, -0.2) is 28.8 Å². The summed E-state index contributed by atoms with van der Waals surface area (Å²) in [5.74, 6) is 0.929. The molecule has 2 heterocycles. The van der Waals surface area contributed by atoms with Crippen molar-refractivity contribution in [3.8, 4) is 0 Å². The van der Waals surface area contributed by atoms with Gasteiger partial charge in [0.05, 0.1) is 37.0 Å². The molecule has 1 fully saturated rings. The van der Waals surface area contributed by atoms with Gasteiger partial charge in [-0.3, -0.25) is 4.79 Å². The zero-order valence-corrected chi connectivity index (χ0v) is 20.2. The van der Waals surface area contributed by atoms with E-state index in [1.165, 1.54) is 0 Å². The summed E-state index contributed by atoms with van der Waals surface area (Å²) >= 11 is 0. The summed E-state index contributed by atoms with van der Waals surface area (Å²) in [4.78, 5) is 19.1. The van der Waals surface area contributed by atoms with Gasteiger partial charge in [0.1, 0.15) is 5.76 Å². The van der Waals surface area contributed by atoms with Crippen molar-refractivity contribution in [2.75, 3.05) is 0 Å². The van der Waals surface area contributed by atoms with Crippen molar-refractivity contribution >= 4 is 15.7 Å². The zero-order chi connectivity index (χ0) is 23.6. The van der Waals surface area contributed by atoms with Crippen LogP contribution in [0.5, 0.6) is 0 Å². The third kappa shape index (κ3) is 5.55. The Labute approximate surface area is 195 Å². The molecular formula is C25H31N3O4S. The van der Waals surface area contributed by atoms with Gasteiger partial charge in [0.25, 0.3) is 0 Å². The van der Waals surface area contributed by atoms with Crippen LogP contribution in [0.3, 0.4) is 0 Å². The van der Waals surface area contributed by atoms with Gasteiger partial charge < -0.3 is 13.9 Å². The van der Waals surface area contributed by atoms with Crippen molar-refractivity contribution in [3.63, 3.8) is 0 Å². The molecule has 0 unspecified atom stereocenters.